The molecule has 1 N–H and O–H groups in total. The number of allylic oxidation sites excluding steroid dienone is 1. The highest BCUT2D eigenvalue weighted by atomic mass is 16.5. The highest BCUT2D eigenvalue weighted by Crippen LogP contribution is 2.13. The largest absolute Gasteiger partial charge is 0.388 e. The minimum absolute atomic E-state index is 0.0312. The highest BCUT2D eigenvalue weighted by Gasteiger charge is 2.24. The van der Waals surface area contributed by atoms with Gasteiger partial charge in [-0.3, -0.25) is 4.79 Å². The predicted molar refractivity (Wildman–Crippen MR) is 80.3 cm³/mol. The summed E-state index contributed by atoms with van der Waals surface area (Å²) in [5, 5.41) is 9.79. The Hall–Kier alpha value is -1.45. The van der Waals surface area contributed by atoms with E-state index in [0.717, 1.165) is 5.56 Å². The van der Waals surface area contributed by atoms with E-state index in [4.69, 9.17) is 4.74 Å². The maximum Gasteiger partial charge on any atom is 0.143 e. The van der Waals surface area contributed by atoms with E-state index in [2.05, 4.69) is 0 Å². The third-order valence-electron chi connectivity index (χ3n) is 3.32. The fourth-order valence-electron chi connectivity index (χ4n) is 1.99. The summed E-state index contributed by atoms with van der Waals surface area (Å²) in [5.41, 5.74) is 1.09. The number of aliphatic hydroxyl groups excluding tert-OH is 1. The summed E-state index contributed by atoms with van der Waals surface area (Å²) in [6.45, 7) is 6.30. The number of carbonyl (C=O) groups is 1. The van der Waals surface area contributed by atoms with Gasteiger partial charge in [0.1, 0.15) is 5.78 Å². The Morgan fingerprint density at radius 2 is 1.95 bits per heavy atom. The van der Waals surface area contributed by atoms with Crippen molar-refractivity contribution in [3.63, 3.8) is 0 Å². The maximum absolute atomic E-state index is 12.1. The molecular weight excluding hydrogens is 252 g/mol. The Morgan fingerprint density at radius 1 is 1.30 bits per heavy atom. The van der Waals surface area contributed by atoms with Gasteiger partial charge in [0.05, 0.1) is 19.3 Å². The van der Waals surface area contributed by atoms with Crippen LogP contribution in [0, 0.1) is 11.8 Å². The van der Waals surface area contributed by atoms with Crippen molar-refractivity contribution in [2.75, 3.05) is 6.61 Å². The Morgan fingerprint density at radius 3 is 2.55 bits per heavy atom. The first-order chi connectivity index (χ1) is 9.56. The fourth-order valence-corrected chi connectivity index (χ4v) is 1.99. The third-order valence-corrected chi connectivity index (χ3v) is 3.32. The van der Waals surface area contributed by atoms with Crippen LogP contribution >= 0.6 is 0 Å². The van der Waals surface area contributed by atoms with Gasteiger partial charge in [-0.05, 0) is 12.5 Å². The molecule has 0 aliphatic rings. The molecule has 0 saturated heterocycles. The fraction of sp³-hybridized carbons (Fsp3) is 0.471. The van der Waals surface area contributed by atoms with E-state index in [0.29, 0.717) is 13.2 Å². The van der Waals surface area contributed by atoms with Crippen LogP contribution in [0.3, 0.4) is 0 Å². The lowest BCUT2D eigenvalue weighted by atomic mass is 9.91. The van der Waals surface area contributed by atoms with Crippen LogP contribution in [0.4, 0.5) is 0 Å². The van der Waals surface area contributed by atoms with E-state index in [1.165, 1.54) is 0 Å². The molecule has 3 atom stereocenters. The van der Waals surface area contributed by atoms with Gasteiger partial charge >= 0.3 is 0 Å². The lowest BCUT2D eigenvalue weighted by Gasteiger charge is -2.19. The predicted octanol–water partition coefficient (Wildman–Crippen LogP) is 2.98. The van der Waals surface area contributed by atoms with Gasteiger partial charge < -0.3 is 9.84 Å². The molecule has 0 heterocycles. The molecular formula is C17H24O3. The summed E-state index contributed by atoms with van der Waals surface area (Å²) in [4.78, 5) is 12.1. The quantitative estimate of drug-likeness (QED) is 0.742. The van der Waals surface area contributed by atoms with Crippen LogP contribution in [0.1, 0.15) is 26.3 Å². The molecule has 1 aromatic rings. The van der Waals surface area contributed by atoms with Crippen LogP contribution in [0.25, 0.3) is 0 Å². The molecule has 1 aromatic carbocycles. The second-order valence-electron chi connectivity index (χ2n) is 5.11. The van der Waals surface area contributed by atoms with Crippen LogP contribution < -0.4 is 0 Å². The molecule has 1 rings (SSSR count). The van der Waals surface area contributed by atoms with Crippen LogP contribution in [-0.2, 0) is 16.1 Å². The maximum atomic E-state index is 12.1. The molecule has 0 unspecified atom stereocenters. The Balaban J connectivity index is 2.38. The first kappa shape index (κ1) is 16.6. The average Bonchev–Trinajstić information content (AvgIpc) is 2.47. The average molecular weight is 276 g/mol. The zero-order valence-corrected chi connectivity index (χ0v) is 12.5. The molecule has 0 fully saturated rings. The molecule has 3 heteroatoms. The molecule has 0 amide bonds. The van der Waals surface area contributed by atoms with Crippen LogP contribution in [0.5, 0.6) is 0 Å². The van der Waals surface area contributed by atoms with Gasteiger partial charge in [0.2, 0.25) is 0 Å². The Kier molecular flexibility index (Phi) is 7.20. The van der Waals surface area contributed by atoms with Gasteiger partial charge in [0, 0.05) is 11.8 Å². The number of ketones is 1. The van der Waals surface area contributed by atoms with Gasteiger partial charge in [-0.2, -0.15) is 0 Å². The van der Waals surface area contributed by atoms with Crippen molar-refractivity contribution >= 4 is 5.78 Å². The number of hydrogen-bond donors (Lipinski definition) is 1. The van der Waals surface area contributed by atoms with E-state index in [1.807, 2.05) is 44.2 Å². The summed E-state index contributed by atoms with van der Waals surface area (Å²) in [5.74, 6) is -0.584. The van der Waals surface area contributed by atoms with Gasteiger partial charge in [-0.15, -0.1) is 0 Å². The van der Waals surface area contributed by atoms with Crippen molar-refractivity contribution in [3.05, 3.63) is 48.0 Å². The molecule has 0 spiro atoms. The lowest BCUT2D eigenvalue weighted by Crippen LogP contribution is -2.30. The van der Waals surface area contributed by atoms with Crippen molar-refractivity contribution in [2.24, 2.45) is 11.8 Å². The summed E-state index contributed by atoms with van der Waals surface area (Å²) < 4.78 is 5.57. The standard InChI is InChI=1S/C17H24O3/c1-4-8-16(18)14(3)17(19)13(2)11-20-12-15-9-6-5-7-10-15/h4-10,13-14,16,18H,11-12H2,1-3H3/b8-4+/t13-,14+,16-/m1/s1. The van der Waals surface area contributed by atoms with E-state index in [-0.39, 0.29) is 11.7 Å². The normalized spacial score (nSPS) is 16.0. The van der Waals surface area contributed by atoms with E-state index < -0.39 is 12.0 Å². The number of hydrogen-bond acceptors (Lipinski definition) is 3. The van der Waals surface area contributed by atoms with Gasteiger partial charge in [-0.1, -0.05) is 56.3 Å². The lowest BCUT2D eigenvalue weighted by molar-refractivity contribution is -0.130. The zero-order valence-electron chi connectivity index (χ0n) is 12.5. The van der Waals surface area contributed by atoms with Crippen LogP contribution in [0.2, 0.25) is 0 Å². The number of aliphatic hydroxyl groups is 1. The molecule has 0 aliphatic carbocycles. The molecule has 3 nitrogen and oxygen atoms in total. The minimum Gasteiger partial charge on any atom is -0.388 e. The second kappa shape index (κ2) is 8.67. The molecule has 0 aromatic heterocycles. The van der Waals surface area contributed by atoms with Gasteiger partial charge in [0.25, 0.3) is 0 Å². The summed E-state index contributed by atoms with van der Waals surface area (Å²) in [6, 6.07) is 9.86. The summed E-state index contributed by atoms with van der Waals surface area (Å²) >= 11 is 0. The summed E-state index contributed by atoms with van der Waals surface area (Å²) in [6.07, 6.45) is 2.68. The highest BCUT2D eigenvalue weighted by molar-refractivity contribution is 5.83. The number of benzene rings is 1. The first-order valence-corrected chi connectivity index (χ1v) is 7.02. The van der Waals surface area contributed by atoms with E-state index in [1.54, 1.807) is 19.1 Å². The minimum atomic E-state index is -0.718. The number of ether oxygens (including phenoxy) is 1. The molecule has 0 saturated carbocycles. The second-order valence-corrected chi connectivity index (χ2v) is 5.11. The number of Topliss-reactive ketones (excluding diaryl/α,β-unsaturated/α-hetero) is 1. The van der Waals surface area contributed by atoms with Crippen molar-refractivity contribution in [2.45, 2.75) is 33.5 Å². The molecule has 110 valence electrons. The Bertz CT molecular complexity index is 425. The van der Waals surface area contributed by atoms with Crippen molar-refractivity contribution in [1.82, 2.24) is 0 Å². The molecule has 0 bridgehead atoms. The van der Waals surface area contributed by atoms with Gasteiger partial charge in [-0.25, -0.2) is 0 Å². The van der Waals surface area contributed by atoms with Crippen LogP contribution in [-0.4, -0.2) is 23.6 Å². The summed E-state index contributed by atoms with van der Waals surface area (Å²) in [7, 11) is 0. The van der Waals surface area contributed by atoms with E-state index >= 15 is 0 Å². The Labute approximate surface area is 121 Å². The van der Waals surface area contributed by atoms with Gasteiger partial charge in [0.15, 0.2) is 0 Å². The zero-order chi connectivity index (χ0) is 15.0. The topological polar surface area (TPSA) is 46.5 Å². The molecule has 20 heavy (non-hydrogen) atoms. The monoisotopic (exact) mass is 276 g/mol. The number of rotatable bonds is 8. The number of carbonyl (C=O) groups excluding carboxylic acids is 1. The third kappa shape index (κ3) is 5.27. The van der Waals surface area contributed by atoms with Crippen molar-refractivity contribution < 1.29 is 14.6 Å². The van der Waals surface area contributed by atoms with E-state index in [9.17, 15) is 9.90 Å². The molecule has 0 aliphatic heterocycles. The van der Waals surface area contributed by atoms with Crippen LogP contribution in [0.15, 0.2) is 42.5 Å². The smallest absolute Gasteiger partial charge is 0.143 e. The molecule has 0 radical (unpaired) electrons. The van der Waals surface area contributed by atoms with Crippen molar-refractivity contribution in [1.29, 1.82) is 0 Å². The SMILES string of the molecule is C/C=C/[C@@H](O)[C@H](C)C(=O)[C@H](C)COCc1ccccc1. The van der Waals surface area contributed by atoms with Crippen molar-refractivity contribution in [3.8, 4) is 0 Å². The first-order valence-electron chi connectivity index (χ1n) is 7.02.